The number of rotatable bonds is 2. The highest BCUT2D eigenvalue weighted by molar-refractivity contribution is 5.78. The van der Waals surface area contributed by atoms with Gasteiger partial charge in [-0.15, -0.1) is 0 Å². The van der Waals surface area contributed by atoms with Crippen LogP contribution in [-0.4, -0.2) is 9.78 Å². The summed E-state index contributed by atoms with van der Waals surface area (Å²) in [5.41, 5.74) is 1.94. The first-order chi connectivity index (χ1) is 8.33. The second kappa shape index (κ2) is 4.01. The first kappa shape index (κ1) is 10.0. The topological polar surface area (TPSA) is 17.8 Å². The molecule has 0 aliphatic carbocycles. The fraction of sp³-hybridized carbons (Fsp3) is 0.0714. The first-order valence-electron chi connectivity index (χ1n) is 5.39. The summed E-state index contributed by atoms with van der Waals surface area (Å²) in [5, 5.41) is 5.34. The van der Waals surface area contributed by atoms with E-state index >= 15 is 0 Å². The minimum Gasteiger partial charge on any atom is -0.260 e. The van der Waals surface area contributed by atoms with E-state index < -0.39 is 0 Å². The predicted molar refractivity (Wildman–Crippen MR) is 64.1 cm³/mol. The van der Waals surface area contributed by atoms with Crippen LogP contribution in [0.15, 0.2) is 48.7 Å². The molecule has 0 spiro atoms. The minimum atomic E-state index is -0.215. The summed E-state index contributed by atoms with van der Waals surface area (Å²) in [6, 6.07) is 15.3. The molecule has 3 rings (SSSR count). The van der Waals surface area contributed by atoms with Crippen molar-refractivity contribution in [3.63, 3.8) is 0 Å². The molecule has 0 fully saturated rings. The van der Waals surface area contributed by atoms with Crippen molar-refractivity contribution in [2.45, 2.75) is 6.54 Å². The van der Waals surface area contributed by atoms with Crippen molar-refractivity contribution in [1.29, 1.82) is 0 Å². The molecule has 0 saturated heterocycles. The Morgan fingerprint density at radius 1 is 1.29 bits per heavy atom. The van der Waals surface area contributed by atoms with E-state index in [4.69, 9.17) is 0 Å². The number of nitrogens with zero attached hydrogens (tertiary/aromatic N) is 2. The highest BCUT2D eigenvalue weighted by Crippen LogP contribution is 2.14. The van der Waals surface area contributed by atoms with Crippen molar-refractivity contribution in [2.24, 2.45) is 0 Å². The molecule has 3 aromatic rings. The van der Waals surface area contributed by atoms with E-state index in [1.54, 1.807) is 12.3 Å². The lowest BCUT2D eigenvalue weighted by Gasteiger charge is -2.03. The summed E-state index contributed by atoms with van der Waals surface area (Å²) in [4.78, 5) is 0. The molecule has 0 aliphatic heterocycles. The van der Waals surface area contributed by atoms with Gasteiger partial charge in [0.2, 0.25) is 0 Å². The molecule has 1 heterocycles. The molecule has 2 aromatic carbocycles. The zero-order valence-corrected chi connectivity index (χ0v) is 9.10. The molecule has 0 aliphatic rings. The molecule has 0 amide bonds. The Morgan fingerprint density at radius 3 is 3.12 bits per heavy atom. The van der Waals surface area contributed by atoms with Gasteiger partial charge in [-0.2, -0.15) is 5.10 Å². The van der Waals surface area contributed by atoms with Gasteiger partial charge < -0.3 is 0 Å². The Labute approximate surface area is 98.3 Å². The van der Waals surface area contributed by atoms with Gasteiger partial charge in [-0.25, -0.2) is 4.39 Å². The molecule has 17 heavy (non-hydrogen) atoms. The van der Waals surface area contributed by atoms with Crippen LogP contribution in [0.25, 0.3) is 10.9 Å². The van der Waals surface area contributed by atoms with Gasteiger partial charge in [-0.05, 0) is 35.9 Å². The maximum atomic E-state index is 13.1. The molecule has 83 valence electrons. The third kappa shape index (κ3) is 1.91. The van der Waals surface area contributed by atoms with Crippen molar-refractivity contribution in [3.8, 4) is 0 Å². The zero-order valence-electron chi connectivity index (χ0n) is 9.10. The average molecular weight is 225 g/mol. The molecular weight excluding hydrogens is 215 g/mol. The van der Waals surface area contributed by atoms with Crippen molar-refractivity contribution in [1.82, 2.24) is 9.78 Å². The molecular formula is C14H10FN2. The molecule has 0 unspecified atom stereocenters. The van der Waals surface area contributed by atoms with Crippen LogP contribution in [-0.2, 0) is 6.54 Å². The number of hydrogen-bond donors (Lipinski definition) is 0. The number of halogens is 1. The van der Waals surface area contributed by atoms with E-state index in [0.29, 0.717) is 6.54 Å². The first-order valence-corrected chi connectivity index (χ1v) is 5.39. The fourth-order valence-corrected chi connectivity index (χ4v) is 1.90. The molecule has 0 N–H and O–H groups in total. The standard InChI is InChI=1S/C14H10FN2/c15-13-6-3-4-11(8-13)10-17-14-7-2-1-5-12(14)9-16-17/h2-9H,10H2. The summed E-state index contributed by atoms with van der Waals surface area (Å²) < 4.78 is 14.9. The van der Waals surface area contributed by atoms with Gasteiger partial charge in [0.1, 0.15) is 5.82 Å². The fourth-order valence-electron chi connectivity index (χ4n) is 1.90. The summed E-state index contributed by atoms with van der Waals surface area (Å²) in [5.74, 6) is -0.215. The Hall–Kier alpha value is -2.16. The average Bonchev–Trinajstić information content (AvgIpc) is 2.73. The molecule has 1 radical (unpaired) electrons. The molecule has 3 heteroatoms. The summed E-state index contributed by atoms with van der Waals surface area (Å²) >= 11 is 0. The Morgan fingerprint density at radius 2 is 2.24 bits per heavy atom. The highest BCUT2D eigenvalue weighted by atomic mass is 19.1. The zero-order chi connectivity index (χ0) is 11.7. The number of hydrogen-bond acceptors (Lipinski definition) is 1. The van der Waals surface area contributed by atoms with E-state index in [0.717, 1.165) is 16.5 Å². The van der Waals surface area contributed by atoms with Crippen LogP contribution < -0.4 is 0 Å². The van der Waals surface area contributed by atoms with Crippen molar-refractivity contribution in [2.75, 3.05) is 0 Å². The molecule has 0 atom stereocenters. The van der Waals surface area contributed by atoms with E-state index in [1.165, 1.54) is 12.1 Å². The Bertz CT molecular complexity index is 658. The van der Waals surface area contributed by atoms with Crippen molar-refractivity contribution in [3.05, 3.63) is 66.1 Å². The highest BCUT2D eigenvalue weighted by Gasteiger charge is 2.02. The van der Waals surface area contributed by atoms with E-state index in [9.17, 15) is 4.39 Å². The summed E-state index contributed by atoms with van der Waals surface area (Å²) in [6.45, 7) is 0.575. The quantitative estimate of drug-likeness (QED) is 0.655. The van der Waals surface area contributed by atoms with Gasteiger partial charge >= 0.3 is 0 Å². The monoisotopic (exact) mass is 225 g/mol. The third-order valence-electron chi connectivity index (χ3n) is 2.71. The van der Waals surface area contributed by atoms with Crippen LogP contribution in [0.2, 0.25) is 0 Å². The maximum Gasteiger partial charge on any atom is 0.123 e. The second-order valence-corrected chi connectivity index (χ2v) is 3.92. The number of benzene rings is 2. The van der Waals surface area contributed by atoms with Gasteiger partial charge in [-0.3, -0.25) is 4.68 Å². The van der Waals surface area contributed by atoms with Crippen LogP contribution in [0.1, 0.15) is 5.56 Å². The van der Waals surface area contributed by atoms with Crippen molar-refractivity contribution >= 4 is 10.9 Å². The predicted octanol–water partition coefficient (Wildman–Crippen LogP) is 3.02. The van der Waals surface area contributed by atoms with E-state index in [-0.39, 0.29) is 5.82 Å². The van der Waals surface area contributed by atoms with E-state index in [2.05, 4.69) is 11.2 Å². The lowest BCUT2D eigenvalue weighted by atomic mass is 10.2. The second-order valence-electron chi connectivity index (χ2n) is 3.92. The normalized spacial score (nSPS) is 10.9. The van der Waals surface area contributed by atoms with Gasteiger partial charge in [0, 0.05) is 5.39 Å². The number of aromatic nitrogens is 2. The smallest absolute Gasteiger partial charge is 0.123 e. The van der Waals surface area contributed by atoms with Crippen LogP contribution in [0.3, 0.4) is 0 Å². The minimum absolute atomic E-state index is 0.215. The molecule has 2 nitrogen and oxygen atoms in total. The maximum absolute atomic E-state index is 13.1. The van der Waals surface area contributed by atoms with Gasteiger partial charge in [0.15, 0.2) is 0 Å². The molecule has 1 aromatic heterocycles. The Balaban J connectivity index is 2.00. The molecule has 0 saturated carbocycles. The summed E-state index contributed by atoms with van der Waals surface area (Å²) in [7, 11) is 0. The van der Waals surface area contributed by atoms with Gasteiger partial charge in [0.05, 0.1) is 18.3 Å². The van der Waals surface area contributed by atoms with Crippen LogP contribution >= 0.6 is 0 Å². The summed E-state index contributed by atoms with van der Waals surface area (Å²) in [6.07, 6.45) is 1.80. The van der Waals surface area contributed by atoms with Crippen LogP contribution in [0, 0.1) is 11.9 Å². The Kier molecular flexibility index (Phi) is 2.37. The largest absolute Gasteiger partial charge is 0.260 e. The van der Waals surface area contributed by atoms with Gasteiger partial charge in [0.25, 0.3) is 0 Å². The van der Waals surface area contributed by atoms with Crippen molar-refractivity contribution < 1.29 is 4.39 Å². The lowest BCUT2D eigenvalue weighted by molar-refractivity contribution is 0.621. The van der Waals surface area contributed by atoms with Crippen LogP contribution in [0.5, 0.6) is 0 Å². The molecule has 0 bridgehead atoms. The SMILES string of the molecule is Fc1cccc(Cn2ncc3c[c]ccc32)c1. The van der Waals surface area contributed by atoms with E-state index in [1.807, 2.05) is 28.9 Å². The number of fused-ring (bicyclic) bond motifs is 1. The lowest BCUT2D eigenvalue weighted by Crippen LogP contribution is -2.01. The van der Waals surface area contributed by atoms with Crippen LogP contribution in [0.4, 0.5) is 4.39 Å². The third-order valence-corrected chi connectivity index (χ3v) is 2.71. The van der Waals surface area contributed by atoms with Gasteiger partial charge in [-0.1, -0.05) is 18.2 Å².